The van der Waals surface area contributed by atoms with Gasteiger partial charge in [0.1, 0.15) is 0 Å². The minimum Gasteiger partial charge on any atom is -0.479 e. The van der Waals surface area contributed by atoms with Crippen LogP contribution < -0.4 is 5.32 Å². The second-order valence-corrected chi connectivity index (χ2v) is 4.21. The van der Waals surface area contributed by atoms with Gasteiger partial charge in [0.05, 0.1) is 11.7 Å². The Kier molecular flexibility index (Phi) is 4.06. The third kappa shape index (κ3) is 3.25. The van der Waals surface area contributed by atoms with E-state index in [9.17, 15) is 14.0 Å². The third-order valence-corrected chi connectivity index (χ3v) is 2.88. The van der Waals surface area contributed by atoms with Crippen LogP contribution in [0.25, 0.3) is 0 Å². The van der Waals surface area contributed by atoms with Crippen molar-refractivity contribution in [3.8, 4) is 0 Å². The second kappa shape index (κ2) is 5.75. The first kappa shape index (κ1) is 13.4. The summed E-state index contributed by atoms with van der Waals surface area (Å²) in [4.78, 5) is 25.7. The molecule has 2 N–H and O–H groups in total. The standard InChI is InChI=1S/C12H13FN2O4/c13-10-8(2-1-5-14-10)11(16)15-6-7-3-4-9(19-7)12(17)18/h1-2,5,7,9H,3-4,6H2,(H,15,16)(H,17,18). The van der Waals surface area contributed by atoms with E-state index < -0.39 is 23.9 Å². The molecule has 102 valence electrons. The molecule has 0 bridgehead atoms. The van der Waals surface area contributed by atoms with E-state index in [0.717, 1.165) is 0 Å². The van der Waals surface area contributed by atoms with Crippen LogP contribution in [0.3, 0.4) is 0 Å². The summed E-state index contributed by atoms with van der Waals surface area (Å²) in [6.45, 7) is 0.150. The highest BCUT2D eigenvalue weighted by atomic mass is 19.1. The fraction of sp³-hybridized carbons (Fsp3) is 0.417. The smallest absolute Gasteiger partial charge is 0.332 e. The minimum atomic E-state index is -1.01. The molecular formula is C12H13FN2O4. The number of carbonyl (C=O) groups is 2. The topological polar surface area (TPSA) is 88.5 Å². The van der Waals surface area contributed by atoms with Gasteiger partial charge in [-0.05, 0) is 25.0 Å². The fourth-order valence-corrected chi connectivity index (χ4v) is 1.89. The van der Waals surface area contributed by atoms with Crippen LogP contribution in [-0.4, -0.2) is 40.7 Å². The molecule has 0 aromatic carbocycles. The van der Waals surface area contributed by atoms with Gasteiger partial charge >= 0.3 is 5.97 Å². The molecule has 1 aliphatic heterocycles. The van der Waals surface area contributed by atoms with Gasteiger partial charge in [-0.2, -0.15) is 4.39 Å². The Labute approximate surface area is 108 Å². The maximum atomic E-state index is 13.2. The van der Waals surface area contributed by atoms with E-state index in [1.165, 1.54) is 18.3 Å². The number of hydrogen-bond acceptors (Lipinski definition) is 4. The van der Waals surface area contributed by atoms with E-state index in [1.54, 1.807) is 0 Å². The van der Waals surface area contributed by atoms with Gasteiger partial charge in [-0.25, -0.2) is 9.78 Å². The number of amides is 1. The Hall–Kier alpha value is -2.02. The van der Waals surface area contributed by atoms with Crippen molar-refractivity contribution < 1.29 is 23.8 Å². The molecule has 0 spiro atoms. The maximum Gasteiger partial charge on any atom is 0.332 e. The number of hydrogen-bond donors (Lipinski definition) is 2. The lowest BCUT2D eigenvalue weighted by Crippen LogP contribution is -2.33. The molecule has 19 heavy (non-hydrogen) atoms. The number of pyridine rings is 1. The Balaban J connectivity index is 1.85. The first-order chi connectivity index (χ1) is 9.08. The average Bonchev–Trinajstić information content (AvgIpc) is 2.85. The lowest BCUT2D eigenvalue weighted by Gasteiger charge is -2.12. The zero-order valence-electron chi connectivity index (χ0n) is 10.0. The van der Waals surface area contributed by atoms with Gasteiger partial charge in [0, 0.05) is 12.7 Å². The minimum absolute atomic E-state index is 0.143. The van der Waals surface area contributed by atoms with Crippen LogP contribution in [0.15, 0.2) is 18.3 Å². The Bertz CT molecular complexity index is 494. The molecule has 1 aromatic heterocycles. The molecule has 2 rings (SSSR count). The van der Waals surface area contributed by atoms with Crippen molar-refractivity contribution in [2.75, 3.05) is 6.54 Å². The summed E-state index contributed by atoms with van der Waals surface area (Å²) in [6.07, 6.45) is 1.04. The van der Waals surface area contributed by atoms with E-state index >= 15 is 0 Å². The summed E-state index contributed by atoms with van der Waals surface area (Å²) in [5.74, 6) is -2.43. The molecule has 2 unspecified atom stereocenters. The number of aliphatic carboxylic acids is 1. The molecule has 0 saturated carbocycles. The van der Waals surface area contributed by atoms with E-state index in [-0.39, 0.29) is 18.2 Å². The first-order valence-corrected chi connectivity index (χ1v) is 5.85. The molecule has 0 aliphatic carbocycles. The number of aromatic nitrogens is 1. The van der Waals surface area contributed by atoms with Crippen LogP contribution >= 0.6 is 0 Å². The summed E-state index contributed by atoms with van der Waals surface area (Å²) in [6, 6.07) is 2.79. The molecular weight excluding hydrogens is 255 g/mol. The third-order valence-electron chi connectivity index (χ3n) is 2.88. The zero-order chi connectivity index (χ0) is 13.8. The number of ether oxygens (including phenoxy) is 1. The van der Waals surface area contributed by atoms with Crippen LogP contribution in [0, 0.1) is 5.95 Å². The van der Waals surface area contributed by atoms with Crippen molar-refractivity contribution in [1.29, 1.82) is 0 Å². The van der Waals surface area contributed by atoms with Crippen molar-refractivity contribution in [2.24, 2.45) is 0 Å². The molecule has 1 saturated heterocycles. The number of carboxylic acids is 1. The van der Waals surface area contributed by atoms with Gasteiger partial charge < -0.3 is 15.2 Å². The summed E-state index contributed by atoms with van der Waals surface area (Å²) in [5.41, 5.74) is -0.143. The number of rotatable bonds is 4. The number of halogens is 1. The van der Waals surface area contributed by atoms with Crippen LogP contribution in [0.5, 0.6) is 0 Å². The van der Waals surface area contributed by atoms with Gasteiger partial charge in [0.2, 0.25) is 5.95 Å². The van der Waals surface area contributed by atoms with Crippen molar-refractivity contribution >= 4 is 11.9 Å². The normalized spacial score (nSPS) is 22.2. The first-order valence-electron chi connectivity index (χ1n) is 5.85. The highest BCUT2D eigenvalue weighted by Gasteiger charge is 2.30. The summed E-state index contributed by atoms with van der Waals surface area (Å²) < 4.78 is 18.4. The van der Waals surface area contributed by atoms with Crippen molar-refractivity contribution in [3.05, 3.63) is 29.8 Å². The summed E-state index contributed by atoms with van der Waals surface area (Å²) in [7, 11) is 0. The van der Waals surface area contributed by atoms with Gasteiger partial charge in [-0.3, -0.25) is 4.79 Å². The monoisotopic (exact) mass is 268 g/mol. The van der Waals surface area contributed by atoms with Crippen molar-refractivity contribution in [2.45, 2.75) is 25.0 Å². The predicted molar refractivity (Wildman–Crippen MR) is 62.1 cm³/mol. The summed E-state index contributed by atoms with van der Waals surface area (Å²) in [5, 5.41) is 11.3. The molecule has 6 nitrogen and oxygen atoms in total. The lowest BCUT2D eigenvalue weighted by atomic mass is 10.2. The van der Waals surface area contributed by atoms with Gasteiger partial charge in [0.15, 0.2) is 6.10 Å². The van der Waals surface area contributed by atoms with Gasteiger partial charge in [-0.15, -0.1) is 0 Å². The molecule has 1 aliphatic rings. The predicted octanol–water partition coefficient (Wildman–Crippen LogP) is 0.583. The highest BCUT2D eigenvalue weighted by Crippen LogP contribution is 2.19. The number of nitrogens with zero attached hydrogens (tertiary/aromatic N) is 1. The maximum absolute atomic E-state index is 13.2. The number of carbonyl (C=O) groups excluding carboxylic acids is 1. The van der Waals surface area contributed by atoms with Crippen molar-refractivity contribution in [3.63, 3.8) is 0 Å². The molecule has 2 heterocycles. The van der Waals surface area contributed by atoms with Crippen molar-refractivity contribution in [1.82, 2.24) is 10.3 Å². The quantitative estimate of drug-likeness (QED) is 0.780. The molecule has 1 aromatic rings. The molecule has 0 radical (unpaired) electrons. The van der Waals surface area contributed by atoms with Crippen LogP contribution in [0.2, 0.25) is 0 Å². The van der Waals surface area contributed by atoms with Gasteiger partial charge in [0.25, 0.3) is 5.91 Å². The SMILES string of the molecule is O=C(NCC1CCC(C(=O)O)O1)c1cccnc1F. The van der Waals surface area contributed by atoms with E-state index in [0.29, 0.717) is 12.8 Å². The lowest BCUT2D eigenvalue weighted by molar-refractivity contribution is -0.149. The summed E-state index contributed by atoms with van der Waals surface area (Å²) >= 11 is 0. The van der Waals surface area contributed by atoms with E-state index in [2.05, 4.69) is 10.3 Å². The second-order valence-electron chi connectivity index (χ2n) is 4.21. The Morgan fingerprint density at radius 1 is 1.53 bits per heavy atom. The van der Waals surface area contributed by atoms with E-state index in [4.69, 9.17) is 9.84 Å². The van der Waals surface area contributed by atoms with E-state index in [1.807, 2.05) is 0 Å². The highest BCUT2D eigenvalue weighted by molar-refractivity contribution is 5.94. The molecule has 7 heteroatoms. The fourth-order valence-electron chi connectivity index (χ4n) is 1.89. The largest absolute Gasteiger partial charge is 0.479 e. The van der Waals surface area contributed by atoms with Crippen LogP contribution in [-0.2, 0) is 9.53 Å². The zero-order valence-corrected chi connectivity index (χ0v) is 10.0. The molecule has 1 amide bonds. The van der Waals surface area contributed by atoms with Crippen LogP contribution in [0.1, 0.15) is 23.2 Å². The van der Waals surface area contributed by atoms with Gasteiger partial charge in [-0.1, -0.05) is 0 Å². The Morgan fingerprint density at radius 2 is 2.32 bits per heavy atom. The number of carboxylic acid groups (broad SMARTS) is 1. The average molecular weight is 268 g/mol. The number of nitrogens with one attached hydrogen (secondary N) is 1. The Morgan fingerprint density at radius 3 is 2.95 bits per heavy atom. The molecule has 1 fully saturated rings. The molecule has 2 atom stereocenters. The van der Waals surface area contributed by atoms with Crippen LogP contribution in [0.4, 0.5) is 4.39 Å².